The molecule has 0 bridgehead atoms. The van der Waals surface area contributed by atoms with Crippen molar-refractivity contribution in [2.24, 2.45) is 0 Å². The lowest BCUT2D eigenvalue weighted by atomic mass is 10.3. The van der Waals surface area contributed by atoms with Crippen LogP contribution >= 0.6 is 11.3 Å². The van der Waals surface area contributed by atoms with Crippen molar-refractivity contribution in [1.29, 1.82) is 0 Å². The minimum atomic E-state index is 1.08. The maximum Gasteiger partial charge on any atom is 0.0813 e. The second kappa shape index (κ2) is 8.24. The van der Waals surface area contributed by atoms with Crippen molar-refractivity contribution in [2.45, 2.75) is 27.7 Å². The molecule has 0 amide bonds. The second-order valence-corrected chi connectivity index (χ2v) is 3.17. The van der Waals surface area contributed by atoms with Gasteiger partial charge >= 0.3 is 0 Å². The molecule has 15 heavy (non-hydrogen) atoms. The minimum absolute atomic E-state index is 1.08. The van der Waals surface area contributed by atoms with Crippen LogP contribution in [0.25, 0.3) is 10.2 Å². The van der Waals surface area contributed by atoms with Crippen molar-refractivity contribution in [3.05, 3.63) is 23.7 Å². The smallest absolute Gasteiger partial charge is 0.0813 e. The van der Waals surface area contributed by atoms with Crippen LogP contribution in [0, 0.1) is 0 Å². The number of benzene rings is 1. The van der Waals surface area contributed by atoms with E-state index in [1.165, 1.54) is 4.70 Å². The Morgan fingerprint density at radius 1 is 1.13 bits per heavy atom. The Morgan fingerprint density at radius 3 is 2.40 bits per heavy atom. The summed E-state index contributed by atoms with van der Waals surface area (Å²) in [7, 11) is 1.92. The third-order valence-corrected chi connectivity index (χ3v) is 2.41. The van der Waals surface area contributed by atoms with Crippen LogP contribution in [0.15, 0.2) is 23.7 Å². The Labute approximate surface area is 96.4 Å². The fourth-order valence-electron chi connectivity index (χ4n) is 1.01. The zero-order chi connectivity index (χ0) is 11.7. The Kier molecular flexibility index (Phi) is 7.64. The number of anilines is 1. The summed E-state index contributed by atoms with van der Waals surface area (Å²) in [5, 5.41) is 3.09. The van der Waals surface area contributed by atoms with Crippen molar-refractivity contribution in [2.75, 3.05) is 12.4 Å². The van der Waals surface area contributed by atoms with E-state index in [2.05, 4.69) is 16.4 Å². The molecule has 2 aromatic rings. The molecule has 0 aliphatic carbocycles. The van der Waals surface area contributed by atoms with Gasteiger partial charge in [0.1, 0.15) is 0 Å². The van der Waals surface area contributed by atoms with Crippen molar-refractivity contribution in [3.8, 4) is 0 Å². The maximum absolute atomic E-state index is 4.18. The Morgan fingerprint density at radius 2 is 1.80 bits per heavy atom. The third-order valence-electron chi connectivity index (χ3n) is 1.62. The third kappa shape index (κ3) is 3.88. The first-order valence-corrected chi connectivity index (χ1v) is 6.29. The van der Waals surface area contributed by atoms with Crippen molar-refractivity contribution >= 4 is 27.2 Å². The van der Waals surface area contributed by atoms with Crippen LogP contribution in [0.1, 0.15) is 27.7 Å². The summed E-state index contributed by atoms with van der Waals surface area (Å²) < 4.78 is 1.23. The number of aromatic nitrogens is 1. The van der Waals surface area contributed by atoms with Crippen LogP contribution in [0.2, 0.25) is 0 Å². The quantitative estimate of drug-likeness (QED) is 0.777. The number of hydrogen-bond donors (Lipinski definition) is 1. The highest BCUT2D eigenvalue weighted by atomic mass is 32.1. The van der Waals surface area contributed by atoms with Crippen LogP contribution in [0.4, 0.5) is 5.69 Å². The number of rotatable bonds is 1. The summed E-state index contributed by atoms with van der Waals surface area (Å²) in [5.41, 5.74) is 4.08. The summed E-state index contributed by atoms with van der Waals surface area (Å²) in [6, 6.07) is 6.16. The molecule has 0 saturated heterocycles. The first kappa shape index (κ1) is 13.9. The van der Waals surface area contributed by atoms with Gasteiger partial charge in [-0.15, -0.1) is 11.3 Å². The molecular formula is C12H20N2S. The molecule has 0 radical (unpaired) electrons. The van der Waals surface area contributed by atoms with E-state index in [4.69, 9.17) is 0 Å². The van der Waals surface area contributed by atoms with Crippen LogP contribution in [-0.2, 0) is 0 Å². The molecule has 0 saturated carbocycles. The molecule has 0 spiro atoms. The largest absolute Gasteiger partial charge is 0.388 e. The van der Waals surface area contributed by atoms with Crippen LogP contribution in [-0.4, -0.2) is 12.0 Å². The molecule has 1 heterocycles. The maximum atomic E-state index is 4.18. The molecule has 0 aliphatic heterocycles. The van der Waals surface area contributed by atoms with E-state index in [-0.39, 0.29) is 0 Å². The van der Waals surface area contributed by atoms with E-state index in [0.29, 0.717) is 0 Å². The minimum Gasteiger partial charge on any atom is -0.388 e. The first-order valence-electron chi connectivity index (χ1n) is 5.41. The van der Waals surface area contributed by atoms with Crippen molar-refractivity contribution in [3.63, 3.8) is 0 Å². The van der Waals surface area contributed by atoms with Gasteiger partial charge in [-0.25, -0.2) is 4.98 Å². The number of thiazole rings is 1. The second-order valence-electron chi connectivity index (χ2n) is 2.28. The van der Waals surface area contributed by atoms with Gasteiger partial charge in [-0.2, -0.15) is 0 Å². The highest BCUT2D eigenvalue weighted by Crippen LogP contribution is 2.21. The fourth-order valence-corrected chi connectivity index (χ4v) is 1.73. The number of nitrogens with zero attached hydrogens (tertiary/aromatic N) is 1. The highest BCUT2D eigenvalue weighted by molar-refractivity contribution is 7.16. The van der Waals surface area contributed by atoms with Gasteiger partial charge in [-0.3, -0.25) is 0 Å². The fraction of sp³-hybridized carbons (Fsp3) is 0.417. The molecule has 1 aromatic carbocycles. The molecular weight excluding hydrogens is 204 g/mol. The van der Waals surface area contributed by atoms with Gasteiger partial charge in [0.25, 0.3) is 0 Å². The summed E-state index contributed by atoms with van der Waals surface area (Å²) in [6.45, 7) is 8.00. The Balaban J connectivity index is 0.000000442. The number of hydrogen-bond acceptors (Lipinski definition) is 3. The summed E-state index contributed by atoms with van der Waals surface area (Å²) in [6.07, 6.45) is 0. The van der Waals surface area contributed by atoms with Gasteiger partial charge in [0.05, 0.1) is 15.7 Å². The summed E-state index contributed by atoms with van der Waals surface area (Å²) in [4.78, 5) is 4.18. The van der Waals surface area contributed by atoms with E-state index >= 15 is 0 Å². The van der Waals surface area contributed by atoms with E-state index in [9.17, 15) is 0 Å². The van der Waals surface area contributed by atoms with Gasteiger partial charge in [0.2, 0.25) is 0 Å². The van der Waals surface area contributed by atoms with Crippen LogP contribution < -0.4 is 5.32 Å². The number of nitrogens with one attached hydrogen (secondary N) is 1. The normalized spacial score (nSPS) is 8.33. The highest BCUT2D eigenvalue weighted by Gasteiger charge is 1.95. The van der Waals surface area contributed by atoms with E-state index in [0.717, 1.165) is 11.2 Å². The molecule has 0 unspecified atom stereocenters. The molecule has 1 aromatic heterocycles. The zero-order valence-corrected chi connectivity index (χ0v) is 11.0. The molecule has 0 fully saturated rings. The Hall–Kier alpha value is -1.09. The van der Waals surface area contributed by atoms with Gasteiger partial charge in [0, 0.05) is 12.7 Å². The molecule has 2 rings (SSSR count). The lowest BCUT2D eigenvalue weighted by Gasteiger charge is -1.96. The van der Waals surface area contributed by atoms with Gasteiger partial charge in [-0.1, -0.05) is 27.7 Å². The molecule has 84 valence electrons. The predicted octanol–water partition coefficient (Wildman–Crippen LogP) is 4.39. The molecule has 2 nitrogen and oxygen atoms in total. The van der Waals surface area contributed by atoms with Crippen molar-refractivity contribution in [1.82, 2.24) is 4.98 Å². The Bertz CT molecular complexity index is 368. The van der Waals surface area contributed by atoms with E-state index in [1.54, 1.807) is 11.3 Å². The molecule has 0 atom stereocenters. The average Bonchev–Trinajstić information content (AvgIpc) is 2.81. The molecule has 0 aliphatic rings. The number of fused-ring (bicyclic) bond motifs is 1. The SMILES string of the molecule is CC.CC.CNc1ccc2ncsc2c1. The predicted molar refractivity (Wildman–Crippen MR) is 71.9 cm³/mol. The molecule has 1 N–H and O–H groups in total. The van der Waals surface area contributed by atoms with Gasteiger partial charge < -0.3 is 5.32 Å². The topological polar surface area (TPSA) is 24.9 Å². The van der Waals surface area contributed by atoms with E-state index in [1.807, 2.05) is 52.4 Å². The molecule has 3 heteroatoms. The van der Waals surface area contributed by atoms with Crippen molar-refractivity contribution < 1.29 is 0 Å². The van der Waals surface area contributed by atoms with Crippen LogP contribution in [0.3, 0.4) is 0 Å². The monoisotopic (exact) mass is 224 g/mol. The van der Waals surface area contributed by atoms with Gasteiger partial charge in [-0.05, 0) is 18.2 Å². The first-order chi connectivity index (χ1) is 7.40. The van der Waals surface area contributed by atoms with E-state index < -0.39 is 0 Å². The van der Waals surface area contributed by atoms with Crippen LogP contribution in [0.5, 0.6) is 0 Å². The zero-order valence-electron chi connectivity index (χ0n) is 10.2. The lowest BCUT2D eigenvalue weighted by Crippen LogP contribution is -1.85. The average molecular weight is 224 g/mol. The lowest BCUT2D eigenvalue weighted by molar-refractivity contribution is 1.48. The standard InChI is InChI=1S/C8H8N2S.2C2H6/c1-9-6-2-3-7-8(4-6)11-5-10-7;2*1-2/h2-5,9H,1H3;2*1-2H3. The summed E-state index contributed by atoms with van der Waals surface area (Å²) in [5.74, 6) is 0. The van der Waals surface area contributed by atoms with Gasteiger partial charge in [0.15, 0.2) is 0 Å². The summed E-state index contributed by atoms with van der Waals surface area (Å²) >= 11 is 1.67.